The lowest BCUT2D eigenvalue weighted by molar-refractivity contribution is -0.116. The molecule has 0 heterocycles. The predicted molar refractivity (Wildman–Crippen MR) is 107 cm³/mol. The molecule has 0 saturated carbocycles. The number of aliphatic hydroxyl groups excluding tert-OH is 1. The minimum absolute atomic E-state index is 0.115. The second kappa shape index (κ2) is 10.2. The van der Waals surface area contributed by atoms with E-state index in [1.807, 2.05) is 6.92 Å². The van der Waals surface area contributed by atoms with Gasteiger partial charge in [0.2, 0.25) is 5.91 Å². The summed E-state index contributed by atoms with van der Waals surface area (Å²) in [5.74, 6) is 1.02. The highest BCUT2D eigenvalue weighted by Gasteiger charge is 2.14. The number of anilines is 1. The Bertz CT molecular complexity index is 752. The first-order valence-corrected chi connectivity index (χ1v) is 8.99. The molecule has 1 amide bonds. The fraction of sp³-hybridized carbons (Fsp3) is 0.350. The number of hydrogen-bond acceptors (Lipinski definition) is 5. The first-order valence-electron chi connectivity index (χ1n) is 8.61. The number of carbonyl (C=O) groups is 1. The van der Waals surface area contributed by atoms with E-state index in [9.17, 15) is 9.90 Å². The molecule has 6 nitrogen and oxygen atoms in total. The maximum Gasteiger partial charge on any atom is 0.226 e. The van der Waals surface area contributed by atoms with Gasteiger partial charge in [-0.2, -0.15) is 0 Å². The molecule has 2 atom stereocenters. The van der Waals surface area contributed by atoms with Crippen molar-refractivity contribution in [3.63, 3.8) is 0 Å². The Labute approximate surface area is 164 Å². The van der Waals surface area contributed by atoms with Crippen LogP contribution in [0.4, 0.5) is 5.69 Å². The van der Waals surface area contributed by atoms with Crippen LogP contribution < -0.4 is 20.1 Å². The highest BCUT2D eigenvalue weighted by molar-refractivity contribution is 6.30. The summed E-state index contributed by atoms with van der Waals surface area (Å²) in [6, 6.07) is 12.1. The Morgan fingerprint density at radius 2 is 1.85 bits per heavy atom. The van der Waals surface area contributed by atoms with Gasteiger partial charge in [-0.3, -0.25) is 4.79 Å². The van der Waals surface area contributed by atoms with E-state index < -0.39 is 6.10 Å². The molecule has 2 rings (SSSR count). The molecular formula is C20H25ClN2O4. The van der Waals surface area contributed by atoms with Crippen molar-refractivity contribution >= 4 is 23.2 Å². The Morgan fingerprint density at radius 1 is 1.15 bits per heavy atom. The molecule has 146 valence electrons. The molecule has 0 aliphatic rings. The molecule has 0 bridgehead atoms. The van der Waals surface area contributed by atoms with E-state index in [4.69, 9.17) is 21.1 Å². The number of nitrogens with one attached hydrogen (secondary N) is 2. The molecule has 0 spiro atoms. The summed E-state index contributed by atoms with van der Waals surface area (Å²) in [5.41, 5.74) is 1.35. The summed E-state index contributed by atoms with van der Waals surface area (Å²) in [6.45, 7) is 2.22. The van der Waals surface area contributed by atoms with Gasteiger partial charge in [0.15, 0.2) is 0 Å². The van der Waals surface area contributed by atoms with Gasteiger partial charge in [-0.15, -0.1) is 0 Å². The van der Waals surface area contributed by atoms with Crippen LogP contribution in [0.3, 0.4) is 0 Å². The standard InChI is InChI=1S/C20H25ClN2O4/c1-13(22-12-18(24)14-4-6-15(21)7-5-14)10-20(25)23-17-9-8-16(26-2)11-19(17)27-3/h4-9,11,13,18,22,24H,10,12H2,1-3H3,(H,23,25). The van der Waals surface area contributed by atoms with Gasteiger partial charge in [0, 0.05) is 30.1 Å². The third-order valence-corrected chi connectivity index (χ3v) is 4.34. The number of aliphatic hydroxyl groups is 1. The topological polar surface area (TPSA) is 79.8 Å². The molecular weight excluding hydrogens is 368 g/mol. The van der Waals surface area contributed by atoms with Crippen molar-refractivity contribution in [3.05, 3.63) is 53.1 Å². The zero-order valence-electron chi connectivity index (χ0n) is 15.7. The van der Waals surface area contributed by atoms with Gasteiger partial charge in [-0.25, -0.2) is 0 Å². The molecule has 0 radical (unpaired) electrons. The molecule has 3 N–H and O–H groups in total. The van der Waals surface area contributed by atoms with E-state index in [1.165, 1.54) is 7.11 Å². The van der Waals surface area contributed by atoms with Crippen molar-refractivity contribution in [2.24, 2.45) is 0 Å². The van der Waals surface area contributed by atoms with Crippen LogP contribution in [0.1, 0.15) is 25.0 Å². The van der Waals surface area contributed by atoms with Gasteiger partial charge in [0.25, 0.3) is 0 Å². The van der Waals surface area contributed by atoms with Crippen molar-refractivity contribution in [2.75, 3.05) is 26.1 Å². The summed E-state index contributed by atoms with van der Waals surface area (Å²) in [6.07, 6.45) is -0.419. The first kappa shape index (κ1) is 21.0. The second-order valence-electron chi connectivity index (χ2n) is 6.20. The monoisotopic (exact) mass is 392 g/mol. The largest absolute Gasteiger partial charge is 0.497 e. The lowest BCUT2D eigenvalue weighted by Gasteiger charge is -2.18. The Morgan fingerprint density at radius 3 is 2.48 bits per heavy atom. The smallest absolute Gasteiger partial charge is 0.226 e. The minimum Gasteiger partial charge on any atom is -0.497 e. The van der Waals surface area contributed by atoms with Gasteiger partial charge in [0.05, 0.1) is 26.0 Å². The fourth-order valence-electron chi connectivity index (χ4n) is 2.57. The number of methoxy groups -OCH3 is 2. The quantitative estimate of drug-likeness (QED) is 0.609. The summed E-state index contributed by atoms with van der Waals surface area (Å²) < 4.78 is 10.4. The van der Waals surface area contributed by atoms with Crippen LogP contribution in [-0.4, -0.2) is 37.8 Å². The molecule has 2 aromatic carbocycles. The van der Waals surface area contributed by atoms with E-state index in [0.29, 0.717) is 28.8 Å². The molecule has 0 aliphatic heterocycles. The molecule has 0 saturated heterocycles. The van der Waals surface area contributed by atoms with Gasteiger partial charge >= 0.3 is 0 Å². The normalized spacial score (nSPS) is 12.9. The summed E-state index contributed by atoms with van der Waals surface area (Å²) in [5, 5.41) is 16.8. The van der Waals surface area contributed by atoms with Gasteiger partial charge in [0.1, 0.15) is 11.5 Å². The Hall–Kier alpha value is -2.28. The molecule has 0 aromatic heterocycles. The predicted octanol–water partition coefficient (Wildman–Crippen LogP) is 3.40. The van der Waals surface area contributed by atoms with Crippen molar-refractivity contribution < 1.29 is 19.4 Å². The van der Waals surface area contributed by atoms with E-state index in [-0.39, 0.29) is 18.4 Å². The van der Waals surface area contributed by atoms with Crippen LogP contribution in [0.5, 0.6) is 11.5 Å². The van der Waals surface area contributed by atoms with Gasteiger partial charge < -0.3 is 25.2 Å². The number of hydrogen-bond donors (Lipinski definition) is 3. The van der Waals surface area contributed by atoms with Gasteiger partial charge in [-0.05, 0) is 36.8 Å². The minimum atomic E-state index is -0.672. The summed E-state index contributed by atoms with van der Waals surface area (Å²) in [7, 11) is 3.10. The third kappa shape index (κ3) is 6.43. The average molecular weight is 393 g/mol. The highest BCUT2D eigenvalue weighted by Crippen LogP contribution is 2.29. The summed E-state index contributed by atoms with van der Waals surface area (Å²) in [4.78, 5) is 12.3. The second-order valence-corrected chi connectivity index (χ2v) is 6.63. The number of carbonyl (C=O) groups excluding carboxylic acids is 1. The number of ether oxygens (including phenoxy) is 2. The van der Waals surface area contributed by atoms with Crippen LogP contribution in [-0.2, 0) is 4.79 Å². The lowest BCUT2D eigenvalue weighted by Crippen LogP contribution is -2.33. The molecule has 2 aromatic rings. The number of amides is 1. The van der Waals surface area contributed by atoms with Crippen LogP contribution in [0.15, 0.2) is 42.5 Å². The van der Waals surface area contributed by atoms with Crippen molar-refractivity contribution in [1.29, 1.82) is 0 Å². The molecule has 27 heavy (non-hydrogen) atoms. The van der Waals surface area contributed by atoms with Crippen molar-refractivity contribution in [1.82, 2.24) is 5.32 Å². The van der Waals surface area contributed by atoms with E-state index in [0.717, 1.165) is 5.56 Å². The highest BCUT2D eigenvalue weighted by atomic mass is 35.5. The fourth-order valence-corrected chi connectivity index (χ4v) is 2.69. The average Bonchev–Trinajstić information content (AvgIpc) is 2.66. The maximum absolute atomic E-state index is 12.3. The maximum atomic E-state index is 12.3. The first-order chi connectivity index (χ1) is 12.9. The SMILES string of the molecule is COc1ccc(NC(=O)CC(C)NCC(O)c2ccc(Cl)cc2)c(OC)c1. The number of halogens is 1. The molecule has 7 heteroatoms. The molecule has 2 unspecified atom stereocenters. The number of benzene rings is 2. The zero-order chi connectivity index (χ0) is 19.8. The Kier molecular flexibility index (Phi) is 7.91. The molecule has 0 fully saturated rings. The molecule has 0 aliphatic carbocycles. The summed E-state index contributed by atoms with van der Waals surface area (Å²) >= 11 is 5.85. The third-order valence-electron chi connectivity index (χ3n) is 4.09. The van der Waals surface area contributed by atoms with Crippen LogP contribution >= 0.6 is 11.6 Å². The van der Waals surface area contributed by atoms with Gasteiger partial charge in [-0.1, -0.05) is 23.7 Å². The van der Waals surface area contributed by atoms with E-state index in [1.54, 1.807) is 49.6 Å². The number of rotatable bonds is 9. The van der Waals surface area contributed by atoms with E-state index in [2.05, 4.69) is 10.6 Å². The van der Waals surface area contributed by atoms with Crippen LogP contribution in [0.25, 0.3) is 0 Å². The van der Waals surface area contributed by atoms with Crippen molar-refractivity contribution in [3.8, 4) is 11.5 Å². The van der Waals surface area contributed by atoms with Crippen LogP contribution in [0, 0.1) is 0 Å². The Balaban J connectivity index is 1.84. The van der Waals surface area contributed by atoms with Crippen LogP contribution in [0.2, 0.25) is 5.02 Å². The van der Waals surface area contributed by atoms with Crippen molar-refractivity contribution in [2.45, 2.75) is 25.5 Å². The van der Waals surface area contributed by atoms with E-state index >= 15 is 0 Å². The zero-order valence-corrected chi connectivity index (χ0v) is 16.4. The lowest BCUT2D eigenvalue weighted by atomic mass is 10.1.